The monoisotopic (exact) mass is 241 g/mol. The van der Waals surface area contributed by atoms with Gasteiger partial charge in [-0.3, -0.25) is 0 Å². The standard InChI is InChI=1S/C12H11N5O/c13-8-11-15-12(16-18-11)9-2-4-10(5-3-9)17-7-1-6-14-17/h1-7H,8,13H2. The van der Waals surface area contributed by atoms with E-state index >= 15 is 0 Å². The fourth-order valence-corrected chi connectivity index (χ4v) is 1.64. The fraction of sp³-hybridized carbons (Fsp3) is 0.0833. The molecule has 0 bridgehead atoms. The molecule has 0 aliphatic heterocycles. The molecule has 3 rings (SSSR count). The summed E-state index contributed by atoms with van der Waals surface area (Å²) >= 11 is 0. The summed E-state index contributed by atoms with van der Waals surface area (Å²) in [7, 11) is 0. The fourth-order valence-electron chi connectivity index (χ4n) is 1.64. The summed E-state index contributed by atoms with van der Waals surface area (Å²) in [4.78, 5) is 4.17. The van der Waals surface area contributed by atoms with E-state index in [1.807, 2.05) is 36.5 Å². The van der Waals surface area contributed by atoms with Crippen LogP contribution < -0.4 is 5.73 Å². The Labute approximate surface area is 103 Å². The average molecular weight is 241 g/mol. The van der Waals surface area contributed by atoms with Crippen molar-refractivity contribution >= 4 is 0 Å². The zero-order valence-corrected chi connectivity index (χ0v) is 9.52. The third kappa shape index (κ3) is 1.89. The largest absolute Gasteiger partial charge is 0.338 e. The molecule has 0 atom stereocenters. The van der Waals surface area contributed by atoms with Crippen molar-refractivity contribution in [3.8, 4) is 17.1 Å². The lowest BCUT2D eigenvalue weighted by Gasteiger charge is -2.01. The van der Waals surface area contributed by atoms with E-state index in [0.717, 1.165) is 11.3 Å². The topological polar surface area (TPSA) is 82.8 Å². The van der Waals surface area contributed by atoms with Gasteiger partial charge in [-0.05, 0) is 30.3 Å². The minimum atomic E-state index is 0.248. The summed E-state index contributed by atoms with van der Waals surface area (Å²) in [5.41, 5.74) is 7.28. The van der Waals surface area contributed by atoms with Gasteiger partial charge >= 0.3 is 0 Å². The second kappa shape index (κ2) is 4.42. The summed E-state index contributed by atoms with van der Waals surface area (Å²) in [6, 6.07) is 9.60. The smallest absolute Gasteiger partial charge is 0.240 e. The predicted octanol–water partition coefficient (Wildman–Crippen LogP) is 1.38. The lowest BCUT2D eigenvalue weighted by molar-refractivity contribution is 0.380. The SMILES string of the molecule is NCc1nc(-c2ccc(-n3cccn3)cc2)no1. The number of aromatic nitrogens is 4. The highest BCUT2D eigenvalue weighted by Gasteiger charge is 2.07. The van der Waals surface area contributed by atoms with E-state index in [-0.39, 0.29) is 6.54 Å². The van der Waals surface area contributed by atoms with Gasteiger partial charge in [0.05, 0.1) is 12.2 Å². The first-order chi connectivity index (χ1) is 8.86. The zero-order chi connectivity index (χ0) is 12.4. The molecule has 6 heteroatoms. The Morgan fingerprint density at radius 2 is 2.06 bits per heavy atom. The van der Waals surface area contributed by atoms with Crippen molar-refractivity contribution in [2.24, 2.45) is 5.73 Å². The highest BCUT2D eigenvalue weighted by Crippen LogP contribution is 2.17. The molecule has 0 radical (unpaired) electrons. The number of hydrogen-bond acceptors (Lipinski definition) is 5. The third-order valence-electron chi connectivity index (χ3n) is 2.54. The first-order valence-corrected chi connectivity index (χ1v) is 5.50. The third-order valence-corrected chi connectivity index (χ3v) is 2.54. The zero-order valence-electron chi connectivity index (χ0n) is 9.52. The van der Waals surface area contributed by atoms with Crippen LogP contribution in [0.3, 0.4) is 0 Å². The number of benzene rings is 1. The summed E-state index contributed by atoms with van der Waals surface area (Å²) in [5.74, 6) is 0.976. The number of rotatable bonds is 3. The Kier molecular flexibility index (Phi) is 2.62. The molecule has 0 fully saturated rings. The Bertz CT molecular complexity index is 627. The Morgan fingerprint density at radius 3 is 2.67 bits per heavy atom. The molecule has 0 aliphatic rings. The Balaban J connectivity index is 1.91. The average Bonchev–Trinajstić information content (AvgIpc) is 3.10. The van der Waals surface area contributed by atoms with E-state index in [1.165, 1.54) is 0 Å². The normalized spacial score (nSPS) is 10.7. The van der Waals surface area contributed by atoms with Crippen LogP contribution in [0.5, 0.6) is 0 Å². The molecule has 6 nitrogen and oxygen atoms in total. The molecule has 0 amide bonds. The van der Waals surface area contributed by atoms with Gasteiger partial charge in [0.1, 0.15) is 0 Å². The van der Waals surface area contributed by atoms with Crippen LogP contribution in [0.25, 0.3) is 17.1 Å². The second-order valence-corrected chi connectivity index (χ2v) is 3.71. The quantitative estimate of drug-likeness (QED) is 0.749. The molecular formula is C12H11N5O. The molecule has 0 aliphatic carbocycles. The van der Waals surface area contributed by atoms with Gasteiger partial charge in [-0.1, -0.05) is 5.16 Å². The van der Waals surface area contributed by atoms with Gasteiger partial charge in [-0.2, -0.15) is 10.1 Å². The molecule has 90 valence electrons. The van der Waals surface area contributed by atoms with Gasteiger partial charge in [0.15, 0.2) is 0 Å². The van der Waals surface area contributed by atoms with E-state index in [0.29, 0.717) is 11.7 Å². The molecule has 0 saturated carbocycles. The highest BCUT2D eigenvalue weighted by molar-refractivity contribution is 5.56. The molecule has 2 heterocycles. The molecule has 2 N–H and O–H groups in total. The van der Waals surface area contributed by atoms with Crippen molar-refractivity contribution in [1.29, 1.82) is 0 Å². The number of nitrogens with two attached hydrogens (primary N) is 1. The van der Waals surface area contributed by atoms with Crippen LogP contribution in [-0.2, 0) is 6.54 Å². The maximum atomic E-state index is 5.42. The lowest BCUT2D eigenvalue weighted by atomic mass is 10.2. The minimum Gasteiger partial charge on any atom is -0.338 e. The van der Waals surface area contributed by atoms with Gasteiger partial charge in [0.2, 0.25) is 11.7 Å². The van der Waals surface area contributed by atoms with Crippen LogP contribution in [0.1, 0.15) is 5.89 Å². The first kappa shape index (κ1) is 10.7. The molecule has 0 spiro atoms. The van der Waals surface area contributed by atoms with Crippen molar-refractivity contribution in [1.82, 2.24) is 19.9 Å². The van der Waals surface area contributed by atoms with Crippen molar-refractivity contribution in [2.45, 2.75) is 6.54 Å². The van der Waals surface area contributed by atoms with Gasteiger partial charge in [0, 0.05) is 18.0 Å². The summed E-state index contributed by atoms with van der Waals surface area (Å²) in [6.07, 6.45) is 3.62. The molecular weight excluding hydrogens is 230 g/mol. The predicted molar refractivity (Wildman–Crippen MR) is 64.7 cm³/mol. The van der Waals surface area contributed by atoms with E-state index in [1.54, 1.807) is 10.9 Å². The molecule has 3 aromatic rings. The van der Waals surface area contributed by atoms with Crippen molar-refractivity contribution in [2.75, 3.05) is 0 Å². The van der Waals surface area contributed by atoms with Crippen molar-refractivity contribution < 1.29 is 4.52 Å². The maximum absolute atomic E-state index is 5.42. The van der Waals surface area contributed by atoms with Crippen LogP contribution in [0, 0.1) is 0 Å². The Morgan fingerprint density at radius 1 is 1.22 bits per heavy atom. The molecule has 1 aromatic carbocycles. The second-order valence-electron chi connectivity index (χ2n) is 3.71. The highest BCUT2D eigenvalue weighted by atomic mass is 16.5. The minimum absolute atomic E-state index is 0.248. The van der Waals surface area contributed by atoms with E-state index in [4.69, 9.17) is 10.3 Å². The van der Waals surface area contributed by atoms with Crippen LogP contribution in [0.2, 0.25) is 0 Å². The summed E-state index contributed by atoms with van der Waals surface area (Å²) < 4.78 is 6.75. The number of nitrogens with zero attached hydrogens (tertiary/aromatic N) is 4. The summed E-state index contributed by atoms with van der Waals surface area (Å²) in [5, 5.41) is 8.02. The van der Waals surface area contributed by atoms with Gasteiger partial charge < -0.3 is 10.3 Å². The van der Waals surface area contributed by atoms with E-state index in [9.17, 15) is 0 Å². The van der Waals surface area contributed by atoms with Crippen molar-refractivity contribution in [3.63, 3.8) is 0 Å². The number of hydrogen-bond donors (Lipinski definition) is 1. The van der Waals surface area contributed by atoms with E-state index < -0.39 is 0 Å². The van der Waals surface area contributed by atoms with Crippen LogP contribution >= 0.6 is 0 Å². The Hall–Kier alpha value is -2.47. The summed E-state index contributed by atoms with van der Waals surface area (Å²) in [6.45, 7) is 0.248. The van der Waals surface area contributed by atoms with E-state index in [2.05, 4.69) is 15.2 Å². The van der Waals surface area contributed by atoms with Crippen molar-refractivity contribution in [3.05, 3.63) is 48.6 Å². The van der Waals surface area contributed by atoms with Gasteiger partial charge in [0.25, 0.3) is 0 Å². The van der Waals surface area contributed by atoms with Crippen LogP contribution in [0.4, 0.5) is 0 Å². The molecule has 18 heavy (non-hydrogen) atoms. The van der Waals surface area contributed by atoms with Crippen LogP contribution in [0.15, 0.2) is 47.2 Å². The molecule has 0 saturated heterocycles. The lowest BCUT2D eigenvalue weighted by Crippen LogP contribution is -1.96. The van der Waals surface area contributed by atoms with Gasteiger partial charge in [-0.25, -0.2) is 4.68 Å². The first-order valence-electron chi connectivity index (χ1n) is 5.50. The molecule has 0 unspecified atom stereocenters. The molecule has 2 aromatic heterocycles. The van der Waals surface area contributed by atoms with Crippen LogP contribution in [-0.4, -0.2) is 19.9 Å². The maximum Gasteiger partial charge on any atom is 0.240 e. The van der Waals surface area contributed by atoms with Gasteiger partial charge in [-0.15, -0.1) is 0 Å².